The Hall–Kier alpha value is -2.02. The number of quaternary nitrogens is 1. The molecule has 1 saturated heterocycles. The van der Waals surface area contributed by atoms with E-state index < -0.39 is 0 Å². The molecule has 0 radical (unpaired) electrons. The fraction of sp³-hybridized carbons (Fsp3) is 0.455. The Balaban J connectivity index is 1.40. The minimum Gasteiger partial charge on any atom is -0.370 e. The first-order valence-electron chi connectivity index (χ1n) is 10.4. The average molecular weight is 396 g/mol. The summed E-state index contributed by atoms with van der Waals surface area (Å²) in [6, 6.07) is 10.7. The van der Waals surface area contributed by atoms with Gasteiger partial charge in [0.15, 0.2) is 5.82 Å². The van der Waals surface area contributed by atoms with Crippen LogP contribution in [0.3, 0.4) is 0 Å². The standard InChI is InChI=1S/C22H26N4OS/c1-2-5-16(6-3-1)9-10-23-21-20-17-7-4-8-18(17)28-22(20)25-19(24-21)15-26-11-13-27-14-12-26/h1-3,5-6H,4,7-15H2,(H,23,24,25)/p+1. The van der Waals surface area contributed by atoms with Crippen molar-refractivity contribution in [1.82, 2.24) is 9.97 Å². The van der Waals surface area contributed by atoms with E-state index in [4.69, 9.17) is 14.7 Å². The molecular formula is C22H27N4OS+. The second-order valence-electron chi connectivity index (χ2n) is 7.73. The van der Waals surface area contributed by atoms with Crippen LogP contribution in [0.25, 0.3) is 10.2 Å². The molecule has 1 aromatic carbocycles. The van der Waals surface area contributed by atoms with Gasteiger partial charge in [0.05, 0.1) is 18.6 Å². The summed E-state index contributed by atoms with van der Waals surface area (Å²) in [6.45, 7) is 5.54. The maximum Gasteiger partial charge on any atom is 0.187 e. The number of fused-ring (bicyclic) bond motifs is 3. The van der Waals surface area contributed by atoms with Crippen molar-refractivity contribution < 1.29 is 9.64 Å². The Bertz CT molecular complexity index is 950. The molecule has 5 rings (SSSR count). The molecular weight excluding hydrogens is 368 g/mol. The van der Waals surface area contributed by atoms with Crippen LogP contribution in [-0.4, -0.2) is 42.8 Å². The number of nitrogens with zero attached hydrogens (tertiary/aromatic N) is 2. The summed E-state index contributed by atoms with van der Waals surface area (Å²) in [5.74, 6) is 2.01. The van der Waals surface area contributed by atoms with E-state index in [-0.39, 0.29) is 0 Å². The van der Waals surface area contributed by atoms with Gasteiger partial charge in [-0.05, 0) is 36.8 Å². The number of nitrogens with one attached hydrogen (secondary N) is 2. The second-order valence-corrected chi connectivity index (χ2v) is 8.81. The number of aromatic nitrogens is 2. The van der Waals surface area contributed by atoms with Crippen molar-refractivity contribution in [3.05, 3.63) is 52.2 Å². The van der Waals surface area contributed by atoms with E-state index in [1.807, 2.05) is 11.3 Å². The molecule has 2 aliphatic rings. The number of thiophene rings is 1. The number of anilines is 1. The number of hydrogen-bond donors (Lipinski definition) is 2. The van der Waals surface area contributed by atoms with E-state index in [0.29, 0.717) is 0 Å². The van der Waals surface area contributed by atoms with Crippen LogP contribution in [0.4, 0.5) is 5.82 Å². The summed E-state index contributed by atoms with van der Waals surface area (Å²) in [5.41, 5.74) is 2.85. The van der Waals surface area contributed by atoms with Crippen molar-refractivity contribution in [2.24, 2.45) is 0 Å². The first kappa shape index (κ1) is 18.0. The smallest absolute Gasteiger partial charge is 0.187 e. The molecule has 1 fully saturated rings. The third-order valence-corrected chi connectivity index (χ3v) is 6.95. The van der Waals surface area contributed by atoms with Gasteiger partial charge in [-0.25, -0.2) is 9.97 Å². The minimum atomic E-state index is 0.840. The summed E-state index contributed by atoms with van der Waals surface area (Å²) < 4.78 is 5.50. The quantitative estimate of drug-likeness (QED) is 0.672. The monoisotopic (exact) mass is 395 g/mol. The van der Waals surface area contributed by atoms with Crippen LogP contribution >= 0.6 is 11.3 Å². The zero-order valence-electron chi connectivity index (χ0n) is 16.2. The third-order valence-electron chi connectivity index (χ3n) is 5.77. The van der Waals surface area contributed by atoms with Gasteiger partial charge in [-0.2, -0.15) is 0 Å². The highest BCUT2D eigenvalue weighted by atomic mass is 32.1. The zero-order valence-corrected chi connectivity index (χ0v) is 17.0. The number of aryl methyl sites for hydroxylation is 2. The van der Waals surface area contributed by atoms with E-state index in [2.05, 4.69) is 35.6 Å². The van der Waals surface area contributed by atoms with Gasteiger partial charge in [0.2, 0.25) is 0 Å². The highest BCUT2D eigenvalue weighted by Crippen LogP contribution is 2.39. The van der Waals surface area contributed by atoms with Gasteiger partial charge >= 0.3 is 0 Å². The Morgan fingerprint density at radius 3 is 2.79 bits per heavy atom. The fourth-order valence-electron chi connectivity index (χ4n) is 4.28. The normalized spacial score (nSPS) is 17.1. The third kappa shape index (κ3) is 3.77. The summed E-state index contributed by atoms with van der Waals surface area (Å²) in [7, 11) is 0. The lowest BCUT2D eigenvalue weighted by molar-refractivity contribution is -0.922. The van der Waals surface area contributed by atoms with Crippen LogP contribution in [0.1, 0.15) is 28.2 Å². The molecule has 3 aromatic rings. The van der Waals surface area contributed by atoms with Crippen LogP contribution in [0.5, 0.6) is 0 Å². The van der Waals surface area contributed by atoms with E-state index in [9.17, 15) is 0 Å². The molecule has 146 valence electrons. The van der Waals surface area contributed by atoms with Crippen LogP contribution in [-0.2, 0) is 30.5 Å². The fourth-order valence-corrected chi connectivity index (χ4v) is 5.56. The Labute approximate surface area is 169 Å². The van der Waals surface area contributed by atoms with Crippen molar-refractivity contribution in [1.29, 1.82) is 0 Å². The molecule has 0 atom stereocenters. The Morgan fingerprint density at radius 2 is 1.93 bits per heavy atom. The van der Waals surface area contributed by atoms with Gasteiger partial charge in [0.25, 0.3) is 0 Å². The lowest BCUT2D eigenvalue weighted by Gasteiger charge is -2.23. The van der Waals surface area contributed by atoms with Gasteiger partial charge < -0.3 is 15.0 Å². The zero-order chi connectivity index (χ0) is 18.8. The second kappa shape index (κ2) is 8.15. The molecule has 0 unspecified atom stereocenters. The van der Waals surface area contributed by atoms with Crippen molar-refractivity contribution in [2.45, 2.75) is 32.2 Å². The SMILES string of the molecule is c1ccc(CCNc2nc(C[NH+]3CCOCC3)nc3sc4c(c23)CCC4)cc1. The molecule has 2 aromatic heterocycles. The lowest BCUT2D eigenvalue weighted by Crippen LogP contribution is -3.12. The summed E-state index contributed by atoms with van der Waals surface area (Å²) in [6.07, 6.45) is 4.63. The number of morpholine rings is 1. The maximum atomic E-state index is 5.50. The topological polar surface area (TPSA) is 51.5 Å². The molecule has 1 aliphatic heterocycles. The van der Waals surface area contributed by atoms with Crippen molar-refractivity contribution in [3.63, 3.8) is 0 Å². The molecule has 1 aliphatic carbocycles. The molecule has 6 heteroatoms. The van der Waals surface area contributed by atoms with E-state index >= 15 is 0 Å². The van der Waals surface area contributed by atoms with Gasteiger partial charge in [-0.15, -0.1) is 11.3 Å². The minimum absolute atomic E-state index is 0.840. The van der Waals surface area contributed by atoms with Gasteiger partial charge in [-0.3, -0.25) is 0 Å². The number of benzene rings is 1. The molecule has 5 nitrogen and oxygen atoms in total. The van der Waals surface area contributed by atoms with Gasteiger partial charge in [-0.1, -0.05) is 30.3 Å². The number of rotatable bonds is 6. The van der Waals surface area contributed by atoms with E-state index in [1.54, 1.807) is 0 Å². The summed E-state index contributed by atoms with van der Waals surface area (Å²) in [5, 5.41) is 4.93. The molecule has 0 amide bonds. The molecule has 0 bridgehead atoms. The Morgan fingerprint density at radius 1 is 1.07 bits per heavy atom. The van der Waals surface area contributed by atoms with Gasteiger partial charge in [0, 0.05) is 11.4 Å². The molecule has 2 N–H and O–H groups in total. The molecule has 0 spiro atoms. The largest absolute Gasteiger partial charge is 0.370 e. The van der Waals surface area contributed by atoms with Crippen LogP contribution in [0.2, 0.25) is 0 Å². The molecule has 3 heterocycles. The first-order valence-corrected chi connectivity index (χ1v) is 11.2. The number of ether oxygens (including phenoxy) is 1. The summed E-state index contributed by atoms with van der Waals surface area (Å²) >= 11 is 1.88. The predicted octanol–water partition coefficient (Wildman–Crippen LogP) is 2.25. The number of hydrogen-bond acceptors (Lipinski definition) is 5. The summed E-state index contributed by atoms with van der Waals surface area (Å²) in [4.78, 5) is 14.2. The predicted molar refractivity (Wildman–Crippen MR) is 113 cm³/mol. The molecule has 28 heavy (non-hydrogen) atoms. The van der Waals surface area contributed by atoms with Crippen LogP contribution < -0.4 is 10.2 Å². The van der Waals surface area contributed by atoms with E-state index in [1.165, 1.54) is 50.4 Å². The highest BCUT2D eigenvalue weighted by molar-refractivity contribution is 7.19. The maximum absolute atomic E-state index is 5.50. The Kier molecular flexibility index (Phi) is 5.25. The lowest BCUT2D eigenvalue weighted by atomic mass is 10.1. The average Bonchev–Trinajstić information content (AvgIpc) is 3.30. The van der Waals surface area contributed by atoms with Crippen LogP contribution in [0.15, 0.2) is 30.3 Å². The van der Waals surface area contributed by atoms with Crippen molar-refractivity contribution >= 4 is 27.4 Å². The highest BCUT2D eigenvalue weighted by Gasteiger charge is 2.24. The van der Waals surface area contributed by atoms with Crippen molar-refractivity contribution in [2.75, 3.05) is 38.2 Å². The van der Waals surface area contributed by atoms with Gasteiger partial charge in [0.1, 0.15) is 30.3 Å². The van der Waals surface area contributed by atoms with Crippen molar-refractivity contribution in [3.8, 4) is 0 Å². The molecule has 0 saturated carbocycles. The van der Waals surface area contributed by atoms with Crippen LogP contribution in [0, 0.1) is 0 Å². The van der Waals surface area contributed by atoms with E-state index in [0.717, 1.165) is 57.5 Å². The first-order chi connectivity index (χ1) is 13.9.